The largest absolute Gasteiger partial charge is 0.478 e. The van der Waals surface area contributed by atoms with Crippen LogP contribution in [0, 0.1) is 0 Å². The molecule has 0 amide bonds. The SMILES string of the molecule is O=C(O)c1ccc(CNCCCCC(F)(F)F)c(Br)c1. The third-order valence-electron chi connectivity index (χ3n) is 2.68. The quantitative estimate of drug-likeness (QED) is 0.729. The number of alkyl halides is 3. The molecule has 0 fully saturated rings. The fourth-order valence-electron chi connectivity index (χ4n) is 1.62. The van der Waals surface area contributed by atoms with Crippen LogP contribution in [0.25, 0.3) is 0 Å². The van der Waals surface area contributed by atoms with Gasteiger partial charge in [0.1, 0.15) is 0 Å². The molecule has 0 heterocycles. The average Bonchev–Trinajstić information content (AvgIpc) is 2.33. The summed E-state index contributed by atoms with van der Waals surface area (Å²) in [6, 6.07) is 4.67. The molecule has 3 nitrogen and oxygen atoms in total. The van der Waals surface area contributed by atoms with Gasteiger partial charge in [-0.05, 0) is 37.1 Å². The molecule has 1 rings (SSSR count). The number of aromatic carboxylic acids is 1. The number of benzene rings is 1. The minimum atomic E-state index is -4.09. The van der Waals surface area contributed by atoms with Gasteiger partial charge in [0.05, 0.1) is 5.56 Å². The minimum Gasteiger partial charge on any atom is -0.478 e. The van der Waals surface area contributed by atoms with Crippen LogP contribution in [0.4, 0.5) is 13.2 Å². The Labute approximate surface area is 123 Å². The lowest BCUT2D eigenvalue weighted by Crippen LogP contribution is -2.16. The first kappa shape index (κ1) is 17.0. The molecule has 0 atom stereocenters. The Balaban J connectivity index is 2.31. The summed E-state index contributed by atoms with van der Waals surface area (Å²) in [5.74, 6) is -1.00. The molecule has 20 heavy (non-hydrogen) atoms. The molecule has 0 aliphatic carbocycles. The molecule has 0 unspecified atom stereocenters. The molecule has 0 spiro atoms. The highest BCUT2D eigenvalue weighted by Gasteiger charge is 2.25. The van der Waals surface area contributed by atoms with Crippen LogP contribution in [-0.4, -0.2) is 23.8 Å². The summed E-state index contributed by atoms with van der Waals surface area (Å²) in [5.41, 5.74) is 1.05. The zero-order chi connectivity index (χ0) is 15.2. The van der Waals surface area contributed by atoms with E-state index in [1.165, 1.54) is 12.1 Å². The Morgan fingerprint density at radius 2 is 2.00 bits per heavy atom. The van der Waals surface area contributed by atoms with Gasteiger partial charge in [0.15, 0.2) is 0 Å². The molecule has 1 aromatic carbocycles. The highest BCUT2D eigenvalue weighted by Crippen LogP contribution is 2.22. The van der Waals surface area contributed by atoms with Crippen LogP contribution in [0.5, 0.6) is 0 Å². The second kappa shape index (κ2) is 7.64. The number of carboxylic acids is 1. The smallest absolute Gasteiger partial charge is 0.389 e. The van der Waals surface area contributed by atoms with E-state index in [1.54, 1.807) is 6.07 Å². The predicted molar refractivity (Wildman–Crippen MR) is 72.7 cm³/mol. The second-order valence-corrected chi connectivity index (χ2v) is 5.21. The minimum absolute atomic E-state index is 0.107. The first-order chi connectivity index (χ1) is 9.29. The van der Waals surface area contributed by atoms with Gasteiger partial charge in [-0.1, -0.05) is 22.0 Å². The monoisotopic (exact) mass is 353 g/mol. The topological polar surface area (TPSA) is 49.3 Å². The predicted octanol–water partition coefficient (Wildman–Crippen LogP) is 3.97. The van der Waals surface area contributed by atoms with Crippen LogP contribution in [0.2, 0.25) is 0 Å². The van der Waals surface area contributed by atoms with Gasteiger partial charge in [0, 0.05) is 17.4 Å². The summed E-state index contributed by atoms with van der Waals surface area (Å²) in [6.45, 7) is 0.968. The van der Waals surface area contributed by atoms with Crippen molar-refractivity contribution in [2.75, 3.05) is 6.54 Å². The summed E-state index contributed by atoms with van der Waals surface area (Å²) in [6.07, 6.45) is -4.29. The molecule has 0 saturated heterocycles. The van der Waals surface area contributed by atoms with Crippen molar-refractivity contribution in [3.05, 3.63) is 33.8 Å². The fourth-order valence-corrected chi connectivity index (χ4v) is 2.14. The normalized spacial score (nSPS) is 11.6. The Kier molecular flexibility index (Phi) is 6.48. The summed E-state index contributed by atoms with van der Waals surface area (Å²) < 4.78 is 36.4. The molecular weight excluding hydrogens is 339 g/mol. The highest BCUT2D eigenvalue weighted by molar-refractivity contribution is 9.10. The maximum absolute atomic E-state index is 11.9. The van der Waals surface area contributed by atoms with Crippen molar-refractivity contribution in [3.8, 4) is 0 Å². The van der Waals surface area contributed by atoms with Gasteiger partial charge >= 0.3 is 12.1 Å². The third kappa shape index (κ3) is 6.38. The zero-order valence-corrected chi connectivity index (χ0v) is 12.2. The van der Waals surface area contributed by atoms with Crippen LogP contribution in [-0.2, 0) is 6.54 Å². The summed E-state index contributed by atoms with van der Waals surface area (Å²) in [7, 11) is 0. The number of carbonyl (C=O) groups is 1. The van der Waals surface area contributed by atoms with E-state index in [0.29, 0.717) is 24.0 Å². The van der Waals surface area contributed by atoms with E-state index in [4.69, 9.17) is 5.11 Å². The Bertz CT molecular complexity index is 463. The van der Waals surface area contributed by atoms with E-state index in [2.05, 4.69) is 21.2 Å². The lowest BCUT2D eigenvalue weighted by atomic mass is 10.1. The maximum atomic E-state index is 11.9. The van der Waals surface area contributed by atoms with Gasteiger partial charge in [-0.3, -0.25) is 0 Å². The van der Waals surface area contributed by atoms with E-state index in [9.17, 15) is 18.0 Å². The van der Waals surface area contributed by atoms with Crippen LogP contribution >= 0.6 is 15.9 Å². The Morgan fingerprint density at radius 1 is 1.30 bits per heavy atom. The number of nitrogens with one attached hydrogen (secondary N) is 1. The van der Waals surface area contributed by atoms with Gasteiger partial charge in [-0.25, -0.2) is 4.79 Å². The molecule has 0 aromatic heterocycles. The van der Waals surface area contributed by atoms with E-state index >= 15 is 0 Å². The van der Waals surface area contributed by atoms with E-state index < -0.39 is 18.6 Å². The molecule has 0 aliphatic rings. The van der Waals surface area contributed by atoms with E-state index in [-0.39, 0.29) is 12.0 Å². The average molecular weight is 354 g/mol. The number of halogens is 4. The Hall–Kier alpha value is -1.08. The highest BCUT2D eigenvalue weighted by atomic mass is 79.9. The molecule has 0 radical (unpaired) electrons. The second-order valence-electron chi connectivity index (χ2n) is 4.36. The molecule has 2 N–H and O–H groups in total. The van der Waals surface area contributed by atoms with Crippen molar-refractivity contribution in [3.63, 3.8) is 0 Å². The summed E-state index contributed by atoms with van der Waals surface area (Å²) in [4.78, 5) is 10.7. The lowest BCUT2D eigenvalue weighted by molar-refractivity contribution is -0.135. The van der Waals surface area contributed by atoms with E-state index in [1.807, 2.05) is 0 Å². The molecule has 1 aromatic rings. The van der Waals surface area contributed by atoms with Crippen molar-refractivity contribution in [1.29, 1.82) is 0 Å². The first-order valence-electron chi connectivity index (χ1n) is 6.09. The van der Waals surface area contributed by atoms with Crippen LogP contribution in [0.1, 0.15) is 35.2 Å². The van der Waals surface area contributed by atoms with Crippen LogP contribution < -0.4 is 5.32 Å². The molecule has 0 saturated carbocycles. The van der Waals surface area contributed by atoms with Gasteiger partial charge in [-0.2, -0.15) is 13.2 Å². The number of unbranched alkanes of at least 4 members (excludes halogenated alkanes) is 1. The molecule has 0 aliphatic heterocycles. The van der Waals surface area contributed by atoms with Gasteiger partial charge in [0.2, 0.25) is 0 Å². The Morgan fingerprint density at radius 3 is 2.55 bits per heavy atom. The van der Waals surface area contributed by atoms with E-state index in [0.717, 1.165) is 5.56 Å². The zero-order valence-electron chi connectivity index (χ0n) is 10.6. The number of hydrogen-bond acceptors (Lipinski definition) is 2. The van der Waals surface area contributed by atoms with Crippen molar-refractivity contribution < 1.29 is 23.1 Å². The van der Waals surface area contributed by atoms with Crippen LogP contribution in [0.15, 0.2) is 22.7 Å². The first-order valence-corrected chi connectivity index (χ1v) is 6.88. The number of rotatable bonds is 7. The lowest BCUT2D eigenvalue weighted by Gasteiger charge is -2.08. The van der Waals surface area contributed by atoms with Gasteiger partial charge in [0.25, 0.3) is 0 Å². The van der Waals surface area contributed by atoms with Crippen molar-refractivity contribution in [2.45, 2.75) is 32.0 Å². The third-order valence-corrected chi connectivity index (χ3v) is 3.42. The van der Waals surface area contributed by atoms with Crippen molar-refractivity contribution in [2.24, 2.45) is 0 Å². The summed E-state index contributed by atoms with van der Waals surface area (Å²) in [5, 5.41) is 11.8. The molecule has 7 heteroatoms. The molecule has 112 valence electrons. The van der Waals surface area contributed by atoms with Gasteiger partial charge < -0.3 is 10.4 Å². The molecular formula is C13H15BrF3NO2. The van der Waals surface area contributed by atoms with Crippen molar-refractivity contribution >= 4 is 21.9 Å². The maximum Gasteiger partial charge on any atom is 0.389 e. The molecule has 0 bridgehead atoms. The number of hydrogen-bond donors (Lipinski definition) is 2. The summed E-state index contributed by atoms with van der Waals surface area (Å²) >= 11 is 3.27. The van der Waals surface area contributed by atoms with Crippen molar-refractivity contribution in [1.82, 2.24) is 5.32 Å². The number of carboxylic acid groups (broad SMARTS) is 1. The standard InChI is InChI=1S/C13H15BrF3NO2/c14-11-7-9(12(19)20)3-4-10(11)8-18-6-2-1-5-13(15,16)17/h3-4,7,18H,1-2,5-6,8H2,(H,19,20). The fraction of sp³-hybridized carbons (Fsp3) is 0.462. The van der Waals surface area contributed by atoms with Gasteiger partial charge in [-0.15, -0.1) is 0 Å². The van der Waals surface area contributed by atoms with Crippen LogP contribution in [0.3, 0.4) is 0 Å².